The molecule has 7 nitrogen and oxygen atoms in total. The van der Waals surface area contributed by atoms with Gasteiger partial charge in [-0.1, -0.05) is 29.6 Å². The molecular weight excluding hydrogens is 535 g/mol. The van der Waals surface area contributed by atoms with Crippen LogP contribution in [-0.2, 0) is 5.60 Å². The SMILES string of the molecule is COc1ccc2c(c1)OC(C)(C)c1c(C(=O)NN3C(C)CCCC3C)nn(-c3ccc(Cl)cc3Cl)c1-2.Cl. The van der Waals surface area contributed by atoms with Crippen molar-refractivity contribution in [3.63, 3.8) is 0 Å². The van der Waals surface area contributed by atoms with Crippen LogP contribution < -0.4 is 14.9 Å². The zero-order valence-corrected chi connectivity index (χ0v) is 23.8. The number of ether oxygens (including phenoxy) is 2. The number of nitrogens with one attached hydrogen (secondary N) is 1. The topological polar surface area (TPSA) is 68.6 Å². The van der Waals surface area contributed by atoms with Gasteiger partial charge in [0.1, 0.15) is 17.1 Å². The number of aromatic nitrogens is 2. The smallest absolute Gasteiger partial charge is 0.286 e. The fourth-order valence-electron chi connectivity index (χ4n) is 5.27. The van der Waals surface area contributed by atoms with Gasteiger partial charge in [-0.15, -0.1) is 12.4 Å². The molecule has 198 valence electrons. The van der Waals surface area contributed by atoms with Crippen LogP contribution in [0.3, 0.4) is 0 Å². The highest BCUT2D eigenvalue weighted by atomic mass is 35.5. The third-order valence-electron chi connectivity index (χ3n) is 7.07. The summed E-state index contributed by atoms with van der Waals surface area (Å²) >= 11 is 12.8. The number of hydrogen-bond acceptors (Lipinski definition) is 5. The van der Waals surface area contributed by atoms with Crippen LogP contribution in [0.25, 0.3) is 16.9 Å². The van der Waals surface area contributed by atoms with E-state index >= 15 is 0 Å². The average Bonchev–Trinajstić information content (AvgIpc) is 3.23. The first-order valence-electron chi connectivity index (χ1n) is 12.2. The van der Waals surface area contributed by atoms with Gasteiger partial charge in [-0.3, -0.25) is 10.2 Å². The summed E-state index contributed by atoms with van der Waals surface area (Å²) in [6.45, 7) is 8.14. The zero-order chi connectivity index (χ0) is 25.8. The Morgan fingerprint density at radius 1 is 1.14 bits per heavy atom. The molecule has 0 saturated carbocycles. The van der Waals surface area contributed by atoms with Crippen LogP contribution in [0.15, 0.2) is 36.4 Å². The number of hydrogen-bond donors (Lipinski definition) is 1. The molecule has 1 amide bonds. The lowest BCUT2D eigenvalue weighted by Crippen LogP contribution is -2.54. The Morgan fingerprint density at radius 2 is 1.84 bits per heavy atom. The summed E-state index contributed by atoms with van der Waals surface area (Å²) in [6.07, 6.45) is 3.21. The van der Waals surface area contributed by atoms with E-state index in [-0.39, 0.29) is 30.4 Å². The van der Waals surface area contributed by atoms with Crippen molar-refractivity contribution < 1.29 is 14.3 Å². The molecule has 1 fully saturated rings. The number of carbonyl (C=O) groups is 1. The van der Waals surface area contributed by atoms with Crippen LogP contribution in [0.1, 0.15) is 63.0 Å². The second kappa shape index (κ2) is 10.4. The first kappa shape index (κ1) is 27.6. The predicted octanol–water partition coefficient (Wildman–Crippen LogP) is 6.81. The molecule has 5 rings (SSSR count). The van der Waals surface area contributed by atoms with E-state index < -0.39 is 5.60 Å². The molecule has 1 aromatic heterocycles. The molecular formula is C27H31Cl3N4O3. The van der Waals surface area contributed by atoms with E-state index in [4.69, 9.17) is 37.8 Å². The molecule has 1 N–H and O–H groups in total. The molecule has 2 atom stereocenters. The van der Waals surface area contributed by atoms with Crippen LogP contribution in [0.5, 0.6) is 11.5 Å². The van der Waals surface area contributed by atoms with Crippen molar-refractivity contribution in [3.8, 4) is 28.4 Å². The van der Waals surface area contributed by atoms with E-state index in [1.807, 2.05) is 37.1 Å². The monoisotopic (exact) mass is 564 g/mol. The highest BCUT2D eigenvalue weighted by Gasteiger charge is 2.42. The minimum atomic E-state index is -0.850. The number of amides is 1. The molecule has 10 heteroatoms. The van der Waals surface area contributed by atoms with Gasteiger partial charge in [0.2, 0.25) is 0 Å². The maximum absolute atomic E-state index is 13.8. The van der Waals surface area contributed by atoms with Crippen molar-refractivity contribution in [3.05, 3.63) is 57.7 Å². The second-order valence-electron chi connectivity index (χ2n) is 10.0. The van der Waals surface area contributed by atoms with Crippen LogP contribution in [0.4, 0.5) is 0 Å². The van der Waals surface area contributed by atoms with Crippen molar-refractivity contribution in [1.82, 2.24) is 20.2 Å². The van der Waals surface area contributed by atoms with Gasteiger partial charge in [-0.2, -0.15) is 5.10 Å². The number of fused-ring (bicyclic) bond motifs is 3. The molecule has 2 aliphatic rings. The van der Waals surface area contributed by atoms with Crippen LogP contribution in [0.2, 0.25) is 10.0 Å². The Morgan fingerprint density at radius 3 is 2.49 bits per heavy atom. The van der Waals surface area contributed by atoms with Gasteiger partial charge >= 0.3 is 0 Å². The van der Waals surface area contributed by atoms with Crippen molar-refractivity contribution in [2.45, 2.75) is 64.6 Å². The Hall–Kier alpha value is -2.45. The van der Waals surface area contributed by atoms with Gasteiger partial charge in [0.05, 0.1) is 29.1 Å². The lowest BCUT2D eigenvalue weighted by molar-refractivity contribution is 0.0358. The van der Waals surface area contributed by atoms with Crippen LogP contribution in [-0.4, -0.2) is 39.9 Å². The van der Waals surface area contributed by atoms with Crippen LogP contribution in [0, 0.1) is 0 Å². The maximum atomic E-state index is 13.8. The summed E-state index contributed by atoms with van der Waals surface area (Å²) < 4.78 is 13.6. The highest BCUT2D eigenvalue weighted by Crippen LogP contribution is 2.49. The molecule has 0 bridgehead atoms. The zero-order valence-electron chi connectivity index (χ0n) is 21.5. The van der Waals surface area contributed by atoms with Gasteiger partial charge in [0.25, 0.3) is 5.91 Å². The number of benzene rings is 2. The largest absolute Gasteiger partial charge is 0.497 e. The normalized spacial score (nSPS) is 20.2. The van der Waals surface area contributed by atoms with E-state index in [0.717, 1.165) is 30.5 Å². The van der Waals surface area contributed by atoms with Gasteiger partial charge in [0, 0.05) is 28.7 Å². The molecule has 37 heavy (non-hydrogen) atoms. The van der Waals surface area contributed by atoms with Crippen molar-refractivity contribution in [2.75, 3.05) is 7.11 Å². The lowest BCUT2D eigenvalue weighted by atomic mass is 9.88. The number of piperidine rings is 1. The summed E-state index contributed by atoms with van der Waals surface area (Å²) in [5.41, 5.74) is 5.45. The van der Waals surface area contributed by atoms with Crippen molar-refractivity contribution in [2.24, 2.45) is 0 Å². The summed E-state index contributed by atoms with van der Waals surface area (Å²) in [5, 5.41) is 7.83. The van der Waals surface area contributed by atoms with Gasteiger partial charge in [0.15, 0.2) is 5.69 Å². The first-order chi connectivity index (χ1) is 17.1. The van der Waals surface area contributed by atoms with Gasteiger partial charge in [-0.25, -0.2) is 9.69 Å². The molecule has 1 saturated heterocycles. The lowest BCUT2D eigenvalue weighted by Gasteiger charge is -2.39. The quantitative estimate of drug-likeness (QED) is 0.376. The van der Waals surface area contributed by atoms with Crippen LogP contribution >= 0.6 is 35.6 Å². The van der Waals surface area contributed by atoms with Gasteiger partial charge < -0.3 is 9.47 Å². The Kier molecular flexibility index (Phi) is 7.73. The molecule has 2 aromatic carbocycles. The summed E-state index contributed by atoms with van der Waals surface area (Å²) in [5.74, 6) is 1.04. The maximum Gasteiger partial charge on any atom is 0.286 e. The minimum absolute atomic E-state index is 0. The number of methoxy groups -OCH3 is 1. The molecule has 2 unspecified atom stereocenters. The molecule has 3 heterocycles. The van der Waals surface area contributed by atoms with E-state index in [1.54, 1.807) is 30.0 Å². The minimum Gasteiger partial charge on any atom is -0.497 e. The van der Waals surface area contributed by atoms with E-state index in [2.05, 4.69) is 19.3 Å². The number of carbonyl (C=O) groups excluding carboxylic acids is 1. The van der Waals surface area contributed by atoms with E-state index in [0.29, 0.717) is 38.5 Å². The average molecular weight is 566 g/mol. The van der Waals surface area contributed by atoms with E-state index in [9.17, 15) is 4.79 Å². The standard InChI is InChI=1S/C27H30Cl2N4O3.ClH/c1-15-7-6-8-16(2)32(15)31-26(34)24-23-25(33(30-24)21-12-9-17(28)13-20(21)29)19-11-10-18(35-5)14-22(19)36-27(23,3)4;/h9-16H,6-8H2,1-5H3,(H,31,34);1H. The molecule has 0 spiro atoms. The first-order valence-corrected chi connectivity index (χ1v) is 12.9. The summed E-state index contributed by atoms with van der Waals surface area (Å²) in [7, 11) is 1.61. The Bertz CT molecular complexity index is 1330. The highest BCUT2D eigenvalue weighted by molar-refractivity contribution is 6.35. The van der Waals surface area contributed by atoms with Gasteiger partial charge in [-0.05, 0) is 70.9 Å². The van der Waals surface area contributed by atoms with Crippen molar-refractivity contribution >= 4 is 41.5 Å². The molecule has 3 aromatic rings. The van der Waals surface area contributed by atoms with E-state index in [1.165, 1.54) is 0 Å². The molecule has 0 radical (unpaired) electrons. The Balaban J connectivity index is 0.00000320. The summed E-state index contributed by atoms with van der Waals surface area (Å²) in [4.78, 5) is 13.8. The molecule has 2 aliphatic heterocycles. The summed E-state index contributed by atoms with van der Waals surface area (Å²) in [6, 6.07) is 11.3. The second-order valence-corrected chi connectivity index (χ2v) is 10.9. The van der Waals surface area contributed by atoms with Crippen molar-refractivity contribution in [1.29, 1.82) is 0 Å². The number of halogens is 3. The Labute approximate surface area is 233 Å². The number of hydrazine groups is 1. The number of nitrogens with zero attached hydrogens (tertiary/aromatic N) is 3. The molecule has 0 aliphatic carbocycles. The fourth-order valence-corrected chi connectivity index (χ4v) is 5.76. The fraction of sp³-hybridized carbons (Fsp3) is 0.407. The predicted molar refractivity (Wildman–Crippen MR) is 149 cm³/mol. The number of rotatable bonds is 4. The third-order valence-corrected chi connectivity index (χ3v) is 7.61. The third kappa shape index (κ3) is 4.90.